The number of aliphatic carboxylic acids is 1. The molecule has 3 rings (SSSR count). The average molecular weight is 371 g/mol. The molecule has 0 radical (unpaired) electrons. The van der Waals surface area contributed by atoms with Crippen LogP contribution < -0.4 is 5.32 Å². The summed E-state index contributed by atoms with van der Waals surface area (Å²) in [5, 5.41) is 19.7. The maximum Gasteiger partial charge on any atom is 0.312 e. The second-order valence-electron chi connectivity index (χ2n) is 5.54. The molecular weight excluding hydrogens is 356 g/mol. The third-order valence-corrected chi connectivity index (χ3v) is 4.19. The number of benzene rings is 2. The lowest BCUT2D eigenvalue weighted by molar-refractivity contribution is -0.138. The average Bonchev–Trinajstić information content (AvgIpc) is 3.17. The highest BCUT2D eigenvalue weighted by atomic mass is 35.5. The van der Waals surface area contributed by atoms with E-state index < -0.39 is 17.8 Å². The quantitative estimate of drug-likeness (QED) is 0.695. The molecule has 0 saturated carbocycles. The number of halogens is 1. The molecule has 132 valence electrons. The molecule has 3 aromatic rings. The number of aromatic nitrogens is 3. The molecule has 7 nitrogen and oxygen atoms in total. The van der Waals surface area contributed by atoms with Crippen molar-refractivity contribution in [3.05, 3.63) is 77.3 Å². The normalized spacial score (nSPS) is 11.7. The van der Waals surface area contributed by atoms with Gasteiger partial charge in [-0.25, -0.2) is 0 Å². The molecule has 2 N–H and O–H groups in total. The number of carbonyl (C=O) groups is 2. The van der Waals surface area contributed by atoms with Crippen molar-refractivity contribution in [1.29, 1.82) is 0 Å². The van der Waals surface area contributed by atoms with E-state index in [1.54, 1.807) is 53.1 Å². The van der Waals surface area contributed by atoms with E-state index in [1.807, 2.05) is 0 Å². The molecule has 1 heterocycles. The Morgan fingerprint density at radius 1 is 1.12 bits per heavy atom. The summed E-state index contributed by atoms with van der Waals surface area (Å²) in [6.45, 7) is -0.0400. The number of nitrogens with one attached hydrogen (secondary N) is 1. The van der Waals surface area contributed by atoms with E-state index in [0.29, 0.717) is 11.3 Å². The van der Waals surface area contributed by atoms with Crippen LogP contribution in [0.5, 0.6) is 0 Å². The van der Waals surface area contributed by atoms with Gasteiger partial charge in [0.15, 0.2) is 0 Å². The summed E-state index contributed by atoms with van der Waals surface area (Å²) in [4.78, 5) is 23.9. The number of nitrogens with zero attached hydrogens (tertiary/aromatic N) is 3. The third kappa shape index (κ3) is 3.89. The van der Waals surface area contributed by atoms with Crippen molar-refractivity contribution in [1.82, 2.24) is 20.1 Å². The van der Waals surface area contributed by atoms with Crippen LogP contribution in [0.25, 0.3) is 5.69 Å². The lowest BCUT2D eigenvalue weighted by atomic mass is 9.99. The van der Waals surface area contributed by atoms with Crippen molar-refractivity contribution in [2.75, 3.05) is 6.54 Å². The summed E-state index contributed by atoms with van der Waals surface area (Å²) in [5.74, 6) is -2.28. The summed E-state index contributed by atoms with van der Waals surface area (Å²) in [7, 11) is 0. The van der Waals surface area contributed by atoms with E-state index in [4.69, 9.17) is 11.6 Å². The molecule has 0 aliphatic rings. The number of carboxylic acid groups (broad SMARTS) is 1. The van der Waals surface area contributed by atoms with Gasteiger partial charge < -0.3 is 10.4 Å². The Bertz CT molecular complexity index is 913. The van der Waals surface area contributed by atoms with E-state index in [0.717, 1.165) is 0 Å². The molecule has 0 aliphatic heterocycles. The maximum atomic E-state index is 12.4. The van der Waals surface area contributed by atoms with Crippen molar-refractivity contribution >= 4 is 23.5 Å². The number of amides is 1. The Balaban J connectivity index is 1.72. The summed E-state index contributed by atoms with van der Waals surface area (Å²) in [6.07, 6.45) is 3.03. The highest BCUT2D eigenvalue weighted by molar-refractivity contribution is 6.34. The Hall–Kier alpha value is -3.19. The van der Waals surface area contributed by atoms with E-state index in [2.05, 4.69) is 15.5 Å². The van der Waals surface area contributed by atoms with Crippen LogP contribution in [0.4, 0.5) is 0 Å². The number of hydrogen-bond acceptors (Lipinski definition) is 4. The molecule has 1 unspecified atom stereocenters. The van der Waals surface area contributed by atoms with Crippen molar-refractivity contribution in [2.45, 2.75) is 5.92 Å². The molecule has 8 heteroatoms. The smallest absolute Gasteiger partial charge is 0.312 e. The number of carboxylic acids is 1. The first kappa shape index (κ1) is 17.6. The predicted octanol–water partition coefficient (Wildman–Crippen LogP) is 2.52. The van der Waals surface area contributed by atoms with Crippen molar-refractivity contribution < 1.29 is 14.7 Å². The second kappa shape index (κ2) is 7.79. The SMILES string of the molecule is O=C(NCC(C(=O)O)c1ccccc1)c1ccc(-n2cnnc2)cc1Cl. The van der Waals surface area contributed by atoms with E-state index in [9.17, 15) is 14.7 Å². The topological polar surface area (TPSA) is 97.1 Å². The Labute approximate surface area is 154 Å². The lowest BCUT2D eigenvalue weighted by Gasteiger charge is -2.14. The molecule has 0 bridgehead atoms. The van der Waals surface area contributed by atoms with Crippen LogP contribution in [0.2, 0.25) is 5.02 Å². The zero-order valence-electron chi connectivity index (χ0n) is 13.5. The number of carbonyl (C=O) groups excluding carboxylic acids is 1. The largest absolute Gasteiger partial charge is 0.481 e. The minimum absolute atomic E-state index is 0.0400. The summed E-state index contributed by atoms with van der Waals surface area (Å²) < 4.78 is 1.66. The molecule has 1 amide bonds. The van der Waals surface area contributed by atoms with Crippen LogP contribution in [-0.4, -0.2) is 38.3 Å². The molecule has 1 atom stereocenters. The first-order valence-corrected chi connectivity index (χ1v) is 8.14. The zero-order valence-corrected chi connectivity index (χ0v) is 14.3. The Morgan fingerprint density at radius 3 is 2.42 bits per heavy atom. The van der Waals surface area contributed by atoms with Crippen molar-refractivity contribution in [3.63, 3.8) is 0 Å². The van der Waals surface area contributed by atoms with Crippen LogP contribution >= 0.6 is 11.6 Å². The van der Waals surface area contributed by atoms with Crippen molar-refractivity contribution in [2.24, 2.45) is 0 Å². The second-order valence-corrected chi connectivity index (χ2v) is 5.95. The maximum absolute atomic E-state index is 12.4. The first-order chi connectivity index (χ1) is 12.6. The predicted molar refractivity (Wildman–Crippen MR) is 95.5 cm³/mol. The Kier molecular flexibility index (Phi) is 5.28. The van der Waals surface area contributed by atoms with Gasteiger partial charge in [-0.15, -0.1) is 10.2 Å². The zero-order chi connectivity index (χ0) is 18.5. The highest BCUT2D eigenvalue weighted by Crippen LogP contribution is 2.21. The van der Waals surface area contributed by atoms with Gasteiger partial charge in [0.05, 0.1) is 16.5 Å². The number of rotatable bonds is 6. The fourth-order valence-corrected chi connectivity index (χ4v) is 2.77. The van der Waals surface area contributed by atoms with Crippen LogP contribution in [0, 0.1) is 0 Å². The molecule has 0 saturated heterocycles. The Morgan fingerprint density at radius 2 is 1.81 bits per heavy atom. The van der Waals surface area contributed by atoms with Gasteiger partial charge in [-0.1, -0.05) is 41.9 Å². The lowest BCUT2D eigenvalue weighted by Crippen LogP contribution is -2.31. The summed E-state index contributed by atoms with van der Waals surface area (Å²) >= 11 is 6.20. The highest BCUT2D eigenvalue weighted by Gasteiger charge is 2.21. The molecular formula is C18H15ClN4O3. The molecule has 0 aliphatic carbocycles. The van der Waals surface area contributed by atoms with Gasteiger partial charge in [0.1, 0.15) is 12.7 Å². The van der Waals surface area contributed by atoms with Gasteiger partial charge in [0.2, 0.25) is 0 Å². The van der Waals surface area contributed by atoms with Crippen LogP contribution in [-0.2, 0) is 4.79 Å². The first-order valence-electron chi connectivity index (χ1n) is 7.77. The molecule has 1 aromatic heterocycles. The van der Waals surface area contributed by atoms with Crippen LogP contribution in [0.15, 0.2) is 61.2 Å². The molecule has 0 fully saturated rings. The third-order valence-electron chi connectivity index (χ3n) is 3.88. The minimum atomic E-state index is -1.01. The fraction of sp³-hybridized carbons (Fsp3) is 0.111. The number of hydrogen-bond donors (Lipinski definition) is 2. The molecule has 26 heavy (non-hydrogen) atoms. The van der Waals surface area contributed by atoms with Gasteiger partial charge in [0, 0.05) is 12.2 Å². The summed E-state index contributed by atoms with van der Waals surface area (Å²) in [6, 6.07) is 13.6. The monoisotopic (exact) mass is 370 g/mol. The van der Waals surface area contributed by atoms with Gasteiger partial charge in [-0.2, -0.15) is 0 Å². The molecule has 0 spiro atoms. The van der Waals surface area contributed by atoms with E-state index in [1.165, 1.54) is 12.7 Å². The van der Waals surface area contributed by atoms with Crippen LogP contribution in [0.1, 0.15) is 21.8 Å². The van der Waals surface area contributed by atoms with E-state index >= 15 is 0 Å². The van der Waals surface area contributed by atoms with Gasteiger partial charge in [-0.3, -0.25) is 14.2 Å². The fourth-order valence-electron chi connectivity index (χ4n) is 2.51. The van der Waals surface area contributed by atoms with Gasteiger partial charge >= 0.3 is 5.97 Å². The standard InChI is InChI=1S/C18H15ClN4O3/c19-16-8-13(23-10-21-22-11-23)6-7-14(16)17(24)20-9-15(18(25)26)12-4-2-1-3-5-12/h1-8,10-11,15H,9H2,(H,20,24)(H,25,26). The van der Waals surface area contributed by atoms with Crippen LogP contribution in [0.3, 0.4) is 0 Å². The van der Waals surface area contributed by atoms with Gasteiger partial charge in [-0.05, 0) is 23.8 Å². The van der Waals surface area contributed by atoms with Gasteiger partial charge in [0.25, 0.3) is 5.91 Å². The minimum Gasteiger partial charge on any atom is -0.481 e. The van der Waals surface area contributed by atoms with E-state index in [-0.39, 0.29) is 17.1 Å². The van der Waals surface area contributed by atoms with Crippen molar-refractivity contribution in [3.8, 4) is 5.69 Å². The molecule has 2 aromatic carbocycles. The summed E-state index contributed by atoms with van der Waals surface area (Å²) in [5.41, 5.74) is 1.60.